The Kier molecular flexibility index (Phi) is 7.04. The Bertz CT molecular complexity index is 1130. The number of unbranched alkanes of at least 4 members (excludes halogenated alkanes) is 1. The molecule has 10 nitrogen and oxygen atoms in total. The summed E-state index contributed by atoms with van der Waals surface area (Å²) in [6, 6.07) is 8.21. The van der Waals surface area contributed by atoms with Crippen molar-refractivity contribution < 1.29 is 38.2 Å². The number of hydrogen-bond donors (Lipinski definition) is 1. The second-order valence-electron chi connectivity index (χ2n) is 8.79. The molecule has 1 N–H and O–H groups in total. The molecule has 2 aromatic rings. The molecule has 0 aliphatic heterocycles. The minimum atomic E-state index is -2.50. The number of fused-ring (bicyclic) bond motifs is 2. The molecule has 1 aromatic heterocycles. The van der Waals surface area contributed by atoms with Crippen LogP contribution in [0, 0.1) is 5.92 Å². The predicted octanol–water partition coefficient (Wildman–Crippen LogP) is 2.86. The first-order valence-corrected chi connectivity index (χ1v) is 11.4. The molecular formula is C25H28N2O8. The van der Waals surface area contributed by atoms with Gasteiger partial charge in [0.1, 0.15) is 18.3 Å². The number of aliphatic hydroxyl groups is 1. The third-order valence-corrected chi connectivity index (χ3v) is 6.24. The number of hydrogen-bond acceptors (Lipinski definition) is 10. The van der Waals surface area contributed by atoms with E-state index in [0.29, 0.717) is 6.61 Å². The van der Waals surface area contributed by atoms with E-state index in [9.17, 15) is 19.5 Å². The molecule has 0 saturated heterocycles. The van der Waals surface area contributed by atoms with Gasteiger partial charge < -0.3 is 23.8 Å². The van der Waals surface area contributed by atoms with E-state index in [1.165, 1.54) is 6.08 Å². The third kappa shape index (κ3) is 4.46. The number of carbonyl (C=O) groups excluding carboxylic acids is 3. The highest BCUT2D eigenvalue weighted by atomic mass is 16.7. The van der Waals surface area contributed by atoms with Crippen LogP contribution in [0.1, 0.15) is 47.5 Å². The normalized spacial score (nSPS) is 25.2. The summed E-state index contributed by atoms with van der Waals surface area (Å²) in [6.45, 7) is 2.26. The number of rotatable bonds is 8. The van der Waals surface area contributed by atoms with Crippen molar-refractivity contribution in [3.63, 3.8) is 0 Å². The van der Waals surface area contributed by atoms with Gasteiger partial charge in [-0.15, -0.1) is 0 Å². The number of ether oxygens (including phenoxy) is 3. The molecule has 10 heteroatoms. The van der Waals surface area contributed by atoms with Gasteiger partial charge in [-0.3, -0.25) is 14.5 Å². The summed E-state index contributed by atoms with van der Waals surface area (Å²) in [5, 5.41) is 15.5. The monoisotopic (exact) mass is 484 g/mol. The molecule has 1 aromatic carbocycles. The van der Waals surface area contributed by atoms with Gasteiger partial charge in [0, 0.05) is 0 Å². The first-order chi connectivity index (χ1) is 16.8. The van der Waals surface area contributed by atoms with Crippen molar-refractivity contribution in [2.75, 3.05) is 20.7 Å². The maximum atomic E-state index is 13.5. The van der Waals surface area contributed by atoms with Gasteiger partial charge in [-0.2, -0.15) is 0 Å². The van der Waals surface area contributed by atoms with Crippen LogP contribution in [0.5, 0.6) is 5.88 Å². The Morgan fingerprint density at radius 3 is 2.66 bits per heavy atom. The first kappa shape index (κ1) is 24.6. The van der Waals surface area contributed by atoms with Crippen molar-refractivity contribution in [3.05, 3.63) is 59.4 Å². The van der Waals surface area contributed by atoms with E-state index in [-0.39, 0.29) is 23.8 Å². The molecule has 0 amide bonds. The highest BCUT2D eigenvalue weighted by molar-refractivity contribution is 6.23. The Balaban J connectivity index is 1.64. The fraction of sp³-hybridized carbons (Fsp3) is 0.440. The quantitative estimate of drug-likeness (QED) is 0.339. The van der Waals surface area contributed by atoms with Crippen molar-refractivity contribution in [1.82, 2.24) is 10.1 Å². The highest BCUT2D eigenvalue weighted by Gasteiger charge is 2.64. The van der Waals surface area contributed by atoms with E-state index in [1.54, 1.807) is 31.1 Å². The number of carbonyl (C=O) groups is 3. The van der Waals surface area contributed by atoms with E-state index in [1.807, 2.05) is 25.1 Å². The summed E-state index contributed by atoms with van der Waals surface area (Å²) >= 11 is 0. The van der Waals surface area contributed by atoms with Crippen molar-refractivity contribution in [2.24, 2.45) is 5.92 Å². The zero-order chi connectivity index (χ0) is 25.2. The lowest BCUT2D eigenvalue weighted by Crippen LogP contribution is -2.63. The standard InChI is InChI=1S/C25H28N2O8/c1-4-5-13-32-23-18-21(35-26-23)20(27(2)3)19-16(11-12-17(28)25(19,31)22(18)29)34-24(30)33-14-15-9-7-6-8-10-15/h6-12,16,19-20,31H,4-5,13-14H2,1-3H3/t16-,19-,20-,25+/m0/s1. The molecule has 4 atom stereocenters. The number of aromatic nitrogens is 1. The number of ketones is 2. The van der Waals surface area contributed by atoms with Crippen LogP contribution in [-0.2, 0) is 20.9 Å². The first-order valence-electron chi connectivity index (χ1n) is 11.4. The lowest BCUT2D eigenvalue weighted by Gasteiger charge is -2.46. The lowest BCUT2D eigenvalue weighted by molar-refractivity contribution is -0.145. The number of nitrogens with zero attached hydrogens (tertiary/aromatic N) is 2. The van der Waals surface area contributed by atoms with Crippen molar-refractivity contribution in [1.29, 1.82) is 0 Å². The molecule has 0 unspecified atom stereocenters. The molecule has 1 heterocycles. The average Bonchev–Trinajstić information content (AvgIpc) is 3.25. The summed E-state index contributed by atoms with van der Waals surface area (Å²) in [7, 11) is 3.39. The summed E-state index contributed by atoms with van der Waals surface area (Å²) in [6.07, 6.45) is 1.82. The lowest BCUT2D eigenvalue weighted by atomic mass is 9.64. The van der Waals surface area contributed by atoms with Crippen LogP contribution in [-0.4, -0.2) is 65.3 Å². The molecule has 186 valence electrons. The second kappa shape index (κ2) is 10.0. The number of Topliss-reactive ketones (excluding diaryl/α,β-unsaturated/α-hetero) is 1. The number of benzene rings is 1. The Hall–Kier alpha value is -3.50. The van der Waals surface area contributed by atoms with Gasteiger partial charge in [0.25, 0.3) is 5.88 Å². The molecule has 2 aliphatic carbocycles. The Labute approximate surface area is 202 Å². The maximum Gasteiger partial charge on any atom is 0.509 e. The van der Waals surface area contributed by atoms with E-state index in [2.05, 4.69) is 5.16 Å². The van der Waals surface area contributed by atoms with Gasteiger partial charge in [-0.05, 0) is 43.4 Å². The molecule has 4 rings (SSSR count). The molecule has 0 saturated carbocycles. The van der Waals surface area contributed by atoms with Gasteiger partial charge in [-0.1, -0.05) is 43.7 Å². The average molecular weight is 485 g/mol. The van der Waals surface area contributed by atoms with Crippen LogP contribution in [0.3, 0.4) is 0 Å². The van der Waals surface area contributed by atoms with Crippen molar-refractivity contribution in [2.45, 2.75) is 44.1 Å². The molecule has 0 radical (unpaired) electrons. The Morgan fingerprint density at radius 1 is 1.23 bits per heavy atom. The van der Waals surface area contributed by atoms with Crippen LogP contribution in [0.15, 0.2) is 47.0 Å². The van der Waals surface area contributed by atoms with Gasteiger partial charge in [0.15, 0.2) is 17.1 Å². The predicted molar refractivity (Wildman–Crippen MR) is 122 cm³/mol. The SMILES string of the molecule is CCCCOc1noc2c1C(=O)[C@@]1(O)C(=O)C=C[C@H](OC(=O)OCc3ccccc3)[C@H]1[C@@H]2N(C)C. The van der Waals surface area contributed by atoms with Gasteiger partial charge in [-0.25, -0.2) is 4.79 Å². The minimum absolute atomic E-state index is 0.0231. The van der Waals surface area contributed by atoms with Crippen LogP contribution >= 0.6 is 0 Å². The van der Waals surface area contributed by atoms with E-state index < -0.39 is 41.4 Å². The second-order valence-corrected chi connectivity index (χ2v) is 8.79. The van der Waals surface area contributed by atoms with Crippen molar-refractivity contribution in [3.8, 4) is 5.88 Å². The summed E-state index contributed by atoms with van der Waals surface area (Å²) in [4.78, 5) is 40.6. The fourth-order valence-electron chi connectivity index (χ4n) is 4.50. The van der Waals surface area contributed by atoms with Gasteiger partial charge in [0.2, 0.25) is 5.78 Å². The van der Waals surface area contributed by atoms with E-state index in [0.717, 1.165) is 24.5 Å². The maximum absolute atomic E-state index is 13.5. The topological polar surface area (TPSA) is 128 Å². The summed E-state index contributed by atoms with van der Waals surface area (Å²) < 4.78 is 21.8. The zero-order valence-corrected chi connectivity index (χ0v) is 19.8. The van der Waals surface area contributed by atoms with Crippen LogP contribution in [0.4, 0.5) is 4.79 Å². The zero-order valence-electron chi connectivity index (χ0n) is 19.8. The molecule has 0 spiro atoms. The van der Waals surface area contributed by atoms with Crippen LogP contribution in [0.2, 0.25) is 0 Å². The van der Waals surface area contributed by atoms with Gasteiger partial charge >= 0.3 is 6.16 Å². The third-order valence-electron chi connectivity index (χ3n) is 6.24. The Morgan fingerprint density at radius 2 is 1.97 bits per heavy atom. The smallest absolute Gasteiger partial charge is 0.475 e. The van der Waals surface area contributed by atoms with Crippen LogP contribution < -0.4 is 4.74 Å². The highest BCUT2D eigenvalue weighted by Crippen LogP contribution is 2.50. The largest absolute Gasteiger partial charge is 0.509 e. The summed E-state index contributed by atoms with van der Waals surface area (Å²) in [5.41, 5.74) is -1.82. The van der Waals surface area contributed by atoms with Gasteiger partial charge in [0.05, 0.1) is 18.6 Å². The fourth-order valence-corrected chi connectivity index (χ4v) is 4.50. The molecule has 0 fully saturated rings. The molecule has 35 heavy (non-hydrogen) atoms. The molecule has 2 aliphatic rings. The minimum Gasteiger partial charge on any atom is -0.475 e. The van der Waals surface area contributed by atoms with E-state index in [4.69, 9.17) is 18.7 Å². The molecular weight excluding hydrogens is 456 g/mol. The van der Waals surface area contributed by atoms with Crippen LogP contribution in [0.25, 0.3) is 0 Å². The summed E-state index contributed by atoms with van der Waals surface area (Å²) in [5.74, 6) is -2.85. The van der Waals surface area contributed by atoms with E-state index >= 15 is 0 Å². The molecule has 0 bridgehead atoms. The van der Waals surface area contributed by atoms with Crippen molar-refractivity contribution >= 4 is 17.7 Å².